The molecule has 0 spiro atoms. The van der Waals surface area contributed by atoms with Gasteiger partial charge >= 0.3 is 5.69 Å². The van der Waals surface area contributed by atoms with Gasteiger partial charge in [0, 0.05) is 12.8 Å². The van der Waals surface area contributed by atoms with Crippen LogP contribution >= 0.6 is 15.9 Å². The smallest absolute Gasteiger partial charge is 0.351 e. The Kier molecular flexibility index (Phi) is 3.57. The molecule has 0 radical (unpaired) electrons. The summed E-state index contributed by atoms with van der Waals surface area (Å²) in [7, 11) is 0. The van der Waals surface area contributed by atoms with Gasteiger partial charge in [0.2, 0.25) is 0 Å². The molecule has 1 aromatic heterocycles. The van der Waals surface area contributed by atoms with Crippen LogP contribution in [0.15, 0.2) is 15.5 Å². The molecule has 88 valence electrons. The van der Waals surface area contributed by atoms with Crippen molar-refractivity contribution in [2.24, 2.45) is 0 Å². The topological polar surface area (TPSA) is 76.4 Å². The summed E-state index contributed by atoms with van der Waals surface area (Å²) in [5.74, 6) is 0.108. The Hall–Kier alpha value is -0.920. The first-order valence-corrected chi connectivity index (χ1v) is 5.82. The molecular weight excluding hydrogens is 278 g/mol. The normalized spacial score (nSPS) is 20.8. The van der Waals surface area contributed by atoms with Crippen molar-refractivity contribution in [1.29, 1.82) is 0 Å². The first-order valence-electron chi connectivity index (χ1n) is 5.03. The number of ether oxygens (including phenoxy) is 1. The lowest BCUT2D eigenvalue weighted by molar-refractivity contribution is -0.0349. The Bertz CT molecular complexity index is 428. The molecule has 2 N–H and O–H groups in total. The van der Waals surface area contributed by atoms with Crippen molar-refractivity contribution in [2.75, 3.05) is 12.1 Å². The van der Waals surface area contributed by atoms with Crippen LogP contribution in [0, 0.1) is 0 Å². The van der Waals surface area contributed by atoms with E-state index in [0.29, 0.717) is 11.1 Å². The monoisotopic (exact) mass is 289 g/mol. The van der Waals surface area contributed by atoms with Crippen LogP contribution in [-0.2, 0) is 4.74 Å². The average Bonchev–Trinajstić information content (AvgIpc) is 2.32. The molecule has 1 saturated heterocycles. The number of hydrogen-bond acceptors (Lipinski definition) is 5. The van der Waals surface area contributed by atoms with E-state index in [1.54, 1.807) is 6.20 Å². The number of nitrogens with zero attached hydrogens (tertiary/aromatic N) is 2. The lowest BCUT2D eigenvalue weighted by atomic mass is 10.2. The fraction of sp³-hybridized carbons (Fsp3) is 0.556. The molecule has 1 atom stereocenters. The predicted molar refractivity (Wildman–Crippen MR) is 60.4 cm³/mol. The molecule has 1 aliphatic heterocycles. The average molecular weight is 290 g/mol. The predicted octanol–water partition coefficient (Wildman–Crippen LogP) is 1.51. The van der Waals surface area contributed by atoms with Crippen LogP contribution in [0.1, 0.15) is 25.5 Å². The number of rotatable bonds is 2. The molecule has 1 unspecified atom stereocenters. The van der Waals surface area contributed by atoms with E-state index < -0.39 is 5.69 Å². The Morgan fingerprint density at radius 2 is 2.44 bits per heavy atom. The SMILES string of the molecule is O=c1nc(NO)c(Br)cn1C1CCCCO1. The summed E-state index contributed by atoms with van der Waals surface area (Å²) in [6.07, 6.45) is 4.19. The van der Waals surface area contributed by atoms with Crippen molar-refractivity contribution < 1.29 is 9.94 Å². The van der Waals surface area contributed by atoms with Crippen molar-refractivity contribution in [2.45, 2.75) is 25.5 Å². The van der Waals surface area contributed by atoms with Gasteiger partial charge in [0.25, 0.3) is 0 Å². The summed E-state index contributed by atoms with van der Waals surface area (Å²) in [5.41, 5.74) is 1.42. The molecule has 0 bridgehead atoms. The van der Waals surface area contributed by atoms with Crippen LogP contribution in [0.3, 0.4) is 0 Å². The third-order valence-electron chi connectivity index (χ3n) is 2.48. The summed E-state index contributed by atoms with van der Waals surface area (Å²) in [6.45, 7) is 0.661. The van der Waals surface area contributed by atoms with Crippen molar-refractivity contribution in [3.8, 4) is 0 Å². The van der Waals surface area contributed by atoms with E-state index in [1.165, 1.54) is 4.57 Å². The Morgan fingerprint density at radius 1 is 1.62 bits per heavy atom. The summed E-state index contributed by atoms with van der Waals surface area (Å²) in [4.78, 5) is 15.3. The molecule has 6 nitrogen and oxygen atoms in total. The Labute approximate surface area is 100 Å². The second-order valence-corrected chi connectivity index (χ2v) is 4.41. The molecule has 1 fully saturated rings. The number of aromatic nitrogens is 2. The van der Waals surface area contributed by atoms with Gasteiger partial charge < -0.3 is 4.74 Å². The molecule has 1 aromatic rings. The first kappa shape index (κ1) is 11.6. The van der Waals surface area contributed by atoms with E-state index in [4.69, 9.17) is 9.94 Å². The van der Waals surface area contributed by atoms with E-state index in [1.807, 2.05) is 5.48 Å². The standard InChI is InChI=1S/C9H12BrN3O3/c10-6-5-13(7-3-1-2-4-16-7)9(14)11-8(6)12-15/h5,7,15H,1-4H2,(H,11,12,14). The lowest BCUT2D eigenvalue weighted by Crippen LogP contribution is -2.30. The van der Waals surface area contributed by atoms with Gasteiger partial charge in [-0.2, -0.15) is 4.98 Å². The molecule has 2 rings (SSSR count). The maximum absolute atomic E-state index is 11.7. The van der Waals surface area contributed by atoms with Gasteiger partial charge in [0.1, 0.15) is 6.23 Å². The van der Waals surface area contributed by atoms with Crippen LogP contribution in [-0.4, -0.2) is 21.4 Å². The quantitative estimate of drug-likeness (QED) is 0.807. The molecule has 2 heterocycles. The van der Waals surface area contributed by atoms with E-state index in [2.05, 4.69) is 20.9 Å². The van der Waals surface area contributed by atoms with Crippen molar-refractivity contribution >= 4 is 21.7 Å². The van der Waals surface area contributed by atoms with Gasteiger partial charge in [-0.1, -0.05) is 0 Å². The highest BCUT2D eigenvalue weighted by molar-refractivity contribution is 9.10. The lowest BCUT2D eigenvalue weighted by Gasteiger charge is -2.24. The number of nitrogens with one attached hydrogen (secondary N) is 1. The minimum Gasteiger partial charge on any atom is -0.358 e. The number of halogens is 1. The van der Waals surface area contributed by atoms with Crippen molar-refractivity contribution in [3.05, 3.63) is 21.2 Å². The Balaban J connectivity index is 2.33. The van der Waals surface area contributed by atoms with Crippen LogP contribution in [0.2, 0.25) is 0 Å². The molecule has 0 saturated carbocycles. The van der Waals surface area contributed by atoms with Gasteiger partial charge in [-0.15, -0.1) is 0 Å². The third kappa shape index (κ3) is 2.26. The van der Waals surface area contributed by atoms with Crippen LogP contribution in [0.4, 0.5) is 5.82 Å². The van der Waals surface area contributed by atoms with Crippen LogP contribution < -0.4 is 11.2 Å². The van der Waals surface area contributed by atoms with Crippen molar-refractivity contribution in [1.82, 2.24) is 9.55 Å². The molecule has 0 aliphatic carbocycles. The largest absolute Gasteiger partial charge is 0.358 e. The zero-order valence-electron chi connectivity index (χ0n) is 8.52. The minimum absolute atomic E-state index is 0.108. The zero-order chi connectivity index (χ0) is 11.5. The molecule has 16 heavy (non-hydrogen) atoms. The van der Waals surface area contributed by atoms with E-state index in [-0.39, 0.29) is 12.0 Å². The van der Waals surface area contributed by atoms with Gasteiger partial charge in [0.05, 0.1) is 4.47 Å². The fourth-order valence-corrected chi connectivity index (χ4v) is 2.07. The second-order valence-electron chi connectivity index (χ2n) is 3.56. The van der Waals surface area contributed by atoms with E-state index in [9.17, 15) is 4.79 Å². The van der Waals surface area contributed by atoms with E-state index >= 15 is 0 Å². The summed E-state index contributed by atoms with van der Waals surface area (Å²) < 4.78 is 7.44. The summed E-state index contributed by atoms with van der Waals surface area (Å²) in [5, 5.41) is 8.72. The highest BCUT2D eigenvalue weighted by atomic mass is 79.9. The highest BCUT2D eigenvalue weighted by Gasteiger charge is 2.18. The zero-order valence-corrected chi connectivity index (χ0v) is 10.1. The molecule has 0 amide bonds. The summed E-state index contributed by atoms with van der Waals surface area (Å²) >= 11 is 3.21. The molecular formula is C9H12BrN3O3. The molecule has 0 aromatic carbocycles. The maximum Gasteiger partial charge on any atom is 0.351 e. The second kappa shape index (κ2) is 4.94. The Morgan fingerprint density at radius 3 is 3.06 bits per heavy atom. The van der Waals surface area contributed by atoms with Crippen molar-refractivity contribution in [3.63, 3.8) is 0 Å². The van der Waals surface area contributed by atoms with Gasteiger partial charge in [-0.25, -0.2) is 4.79 Å². The van der Waals surface area contributed by atoms with Gasteiger partial charge in [0.15, 0.2) is 5.82 Å². The fourth-order valence-electron chi connectivity index (χ4n) is 1.67. The number of anilines is 1. The third-order valence-corrected chi connectivity index (χ3v) is 3.06. The first-order chi connectivity index (χ1) is 7.72. The van der Waals surface area contributed by atoms with Crippen LogP contribution in [0.5, 0.6) is 0 Å². The summed E-state index contributed by atoms with van der Waals surface area (Å²) in [6, 6.07) is 0. The van der Waals surface area contributed by atoms with Crippen LogP contribution in [0.25, 0.3) is 0 Å². The molecule has 1 aliphatic rings. The minimum atomic E-state index is -0.438. The maximum atomic E-state index is 11.7. The van der Waals surface area contributed by atoms with E-state index in [0.717, 1.165) is 19.3 Å². The van der Waals surface area contributed by atoms with Gasteiger partial charge in [-0.3, -0.25) is 15.3 Å². The highest BCUT2D eigenvalue weighted by Crippen LogP contribution is 2.23. The molecule has 7 heteroatoms. The number of hydrogen-bond donors (Lipinski definition) is 2. The van der Waals surface area contributed by atoms with Gasteiger partial charge in [-0.05, 0) is 35.2 Å².